The molecule has 0 saturated heterocycles. The van der Waals surface area contributed by atoms with Crippen LogP contribution in [0.15, 0.2) is 35.6 Å². The first-order valence-corrected chi connectivity index (χ1v) is 9.28. The standard InChI is InChI=1S/C18H22N4O4S/c1-4-14(16(23)21-12-8-6-7-9-13(12)25-3)27-18-20-10-11(15(19)22-18)17(24)26-5-2/h6-10,14H,4-5H2,1-3H3,(H,21,23)(H2,19,20,22)/t14-/m0/s1. The second kappa shape index (κ2) is 9.77. The van der Waals surface area contributed by atoms with Gasteiger partial charge in [0.15, 0.2) is 5.16 Å². The molecule has 27 heavy (non-hydrogen) atoms. The lowest BCUT2D eigenvalue weighted by molar-refractivity contribution is -0.115. The van der Waals surface area contributed by atoms with Gasteiger partial charge >= 0.3 is 5.97 Å². The van der Waals surface area contributed by atoms with Gasteiger partial charge in [-0.2, -0.15) is 0 Å². The van der Waals surface area contributed by atoms with Crippen LogP contribution in [0.2, 0.25) is 0 Å². The number of carbonyl (C=O) groups is 2. The maximum Gasteiger partial charge on any atom is 0.343 e. The fourth-order valence-electron chi connectivity index (χ4n) is 2.21. The molecule has 0 fully saturated rings. The summed E-state index contributed by atoms with van der Waals surface area (Å²) < 4.78 is 10.1. The highest BCUT2D eigenvalue weighted by molar-refractivity contribution is 8.00. The number of nitrogen functional groups attached to an aromatic ring is 1. The molecule has 1 amide bonds. The molecule has 2 rings (SSSR count). The highest BCUT2D eigenvalue weighted by Gasteiger charge is 2.22. The Morgan fingerprint density at radius 2 is 2.04 bits per heavy atom. The van der Waals surface area contributed by atoms with Crippen LogP contribution in [0.3, 0.4) is 0 Å². The number of methoxy groups -OCH3 is 1. The SMILES string of the molecule is CCOC(=O)c1cnc(S[C@@H](CC)C(=O)Nc2ccccc2OC)nc1N. The molecular formula is C18H22N4O4S. The number of esters is 1. The van der Waals surface area contributed by atoms with E-state index in [1.807, 2.05) is 19.1 Å². The number of thioether (sulfide) groups is 1. The molecule has 8 nitrogen and oxygen atoms in total. The van der Waals surface area contributed by atoms with E-state index in [-0.39, 0.29) is 23.9 Å². The molecule has 0 aliphatic rings. The van der Waals surface area contributed by atoms with Gasteiger partial charge in [0.2, 0.25) is 5.91 Å². The second-order valence-electron chi connectivity index (χ2n) is 5.38. The van der Waals surface area contributed by atoms with Crippen LogP contribution in [0, 0.1) is 0 Å². The Hall–Kier alpha value is -2.81. The third-order valence-corrected chi connectivity index (χ3v) is 4.81. The Labute approximate surface area is 161 Å². The fraction of sp³-hybridized carbons (Fsp3) is 0.333. The highest BCUT2D eigenvalue weighted by atomic mass is 32.2. The molecule has 1 aromatic heterocycles. The van der Waals surface area contributed by atoms with Crippen molar-refractivity contribution in [2.75, 3.05) is 24.8 Å². The van der Waals surface area contributed by atoms with Crippen molar-refractivity contribution in [2.45, 2.75) is 30.7 Å². The van der Waals surface area contributed by atoms with E-state index in [0.717, 1.165) is 0 Å². The zero-order valence-corrected chi connectivity index (χ0v) is 16.2. The molecular weight excluding hydrogens is 368 g/mol. The van der Waals surface area contributed by atoms with Crippen LogP contribution < -0.4 is 15.8 Å². The number of nitrogens with zero attached hydrogens (tertiary/aromatic N) is 2. The number of amides is 1. The van der Waals surface area contributed by atoms with Gasteiger partial charge in [-0.15, -0.1) is 0 Å². The molecule has 9 heteroatoms. The predicted octanol–water partition coefficient (Wildman–Crippen LogP) is 2.75. The summed E-state index contributed by atoms with van der Waals surface area (Å²) in [7, 11) is 1.54. The summed E-state index contributed by atoms with van der Waals surface area (Å²) in [5.74, 6) is -0.188. The lowest BCUT2D eigenvalue weighted by atomic mass is 10.2. The first-order valence-electron chi connectivity index (χ1n) is 8.40. The summed E-state index contributed by atoms with van der Waals surface area (Å²) in [6.45, 7) is 3.82. The number of nitrogens with one attached hydrogen (secondary N) is 1. The quantitative estimate of drug-likeness (QED) is 0.401. The summed E-state index contributed by atoms with van der Waals surface area (Å²) in [6.07, 6.45) is 1.86. The number of rotatable bonds is 8. The van der Waals surface area contributed by atoms with E-state index in [1.165, 1.54) is 18.0 Å². The summed E-state index contributed by atoms with van der Waals surface area (Å²) in [5, 5.41) is 2.71. The van der Waals surface area contributed by atoms with Crippen molar-refractivity contribution >= 4 is 35.1 Å². The largest absolute Gasteiger partial charge is 0.495 e. The molecule has 1 heterocycles. The van der Waals surface area contributed by atoms with Gasteiger partial charge in [-0.25, -0.2) is 14.8 Å². The molecule has 0 spiro atoms. The third-order valence-electron chi connectivity index (χ3n) is 3.57. The van der Waals surface area contributed by atoms with Crippen molar-refractivity contribution < 1.29 is 19.1 Å². The van der Waals surface area contributed by atoms with Crippen molar-refractivity contribution in [3.8, 4) is 5.75 Å². The fourth-order valence-corrected chi connectivity index (χ4v) is 3.06. The van der Waals surface area contributed by atoms with E-state index in [2.05, 4.69) is 15.3 Å². The van der Waals surface area contributed by atoms with E-state index < -0.39 is 11.2 Å². The monoisotopic (exact) mass is 390 g/mol. The van der Waals surface area contributed by atoms with Crippen LogP contribution in [-0.4, -0.2) is 40.8 Å². The summed E-state index contributed by atoms with van der Waals surface area (Å²) in [6, 6.07) is 7.16. The molecule has 0 saturated carbocycles. The van der Waals surface area contributed by atoms with Gasteiger partial charge in [-0.3, -0.25) is 4.79 Å². The Balaban J connectivity index is 2.11. The number of hydrogen-bond donors (Lipinski definition) is 2. The van der Waals surface area contributed by atoms with E-state index >= 15 is 0 Å². The van der Waals surface area contributed by atoms with Crippen LogP contribution in [-0.2, 0) is 9.53 Å². The molecule has 1 atom stereocenters. The number of hydrogen-bond acceptors (Lipinski definition) is 8. The molecule has 0 radical (unpaired) electrons. The van der Waals surface area contributed by atoms with Crippen molar-refractivity contribution in [2.24, 2.45) is 0 Å². The van der Waals surface area contributed by atoms with Crippen molar-refractivity contribution in [3.63, 3.8) is 0 Å². The van der Waals surface area contributed by atoms with Gasteiger partial charge in [0.05, 0.1) is 24.7 Å². The minimum absolute atomic E-state index is 0.0194. The van der Waals surface area contributed by atoms with Crippen molar-refractivity contribution in [1.29, 1.82) is 0 Å². The minimum atomic E-state index is -0.576. The zero-order valence-electron chi connectivity index (χ0n) is 15.4. The van der Waals surface area contributed by atoms with Crippen LogP contribution in [0.1, 0.15) is 30.6 Å². The van der Waals surface area contributed by atoms with Gasteiger partial charge in [0.25, 0.3) is 0 Å². The number of benzene rings is 1. The van der Waals surface area contributed by atoms with E-state index in [9.17, 15) is 9.59 Å². The normalized spacial score (nSPS) is 11.5. The van der Waals surface area contributed by atoms with Gasteiger partial charge in [0, 0.05) is 6.20 Å². The van der Waals surface area contributed by atoms with Crippen molar-refractivity contribution in [1.82, 2.24) is 9.97 Å². The Morgan fingerprint density at radius 1 is 1.30 bits per heavy atom. The average Bonchev–Trinajstić information content (AvgIpc) is 2.66. The molecule has 0 unspecified atom stereocenters. The second-order valence-corrected chi connectivity index (χ2v) is 6.55. The lowest BCUT2D eigenvalue weighted by Crippen LogP contribution is -2.25. The van der Waals surface area contributed by atoms with Crippen LogP contribution >= 0.6 is 11.8 Å². The smallest absolute Gasteiger partial charge is 0.343 e. The predicted molar refractivity (Wildman–Crippen MR) is 104 cm³/mol. The highest BCUT2D eigenvalue weighted by Crippen LogP contribution is 2.28. The van der Waals surface area contributed by atoms with Crippen LogP contribution in [0.25, 0.3) is 0 Å². The zero-order chi connectivity index (χ0) is 19.8. The first kappa shape index (κ1) is 20.5. The number of aromatic nitrogens is 2. The van der Waals surface area contributed by atoms with Gasteiger partial charge < -0.3 is 20.5 Å². The summed E-state index contributed by atoms with van der Waals surface area (Å²) in [5.41, 5.74) is 6.51. The molecule has 2 aromatic rings. The van der Waals surface area contributed by atoms with Gasteiger partial charge in [-0.05, 0) is 25.5 Å². The molecule has 0 bridgehead atoms. The molecule has 1 aromatic carbocycles. The number of carbonyl (C=O) groups excluding carboxylic acids is 2. The number of ether oxygens (including phenoxy) is 2. The maximum atomic E-state index is 12.6. The van der Waals surface area contributed by atoms with Crippen molar-refractivity contribution in [3.05, 3.63) is 36.0 Å². The third kappa shape index (κ3) is 5.33. The van der Waals surface area contributed by atoms with Crippen LogP contribution in [0.4, 0.5) is 11.5 Å². The Morgan fingerprint density at radius 3 is 2.67 bits per heavy atom. The van der Waals surface area contributed by atoms with Gasteiger partial charge in [-0.1, -0.05) is 30.8 Å². The van der Waals surface area contributed by atoms with Gasteiger partial charge in [0.1, 0.15) is 17.1 Å². The van der Waals surface area contributed by atoms with E-state index in [1.54, 1.807) is 26.2 Å². The molecule has 144 valence electrons. The summed E-state index contributed by atoms with van der Waals surface area (Å²) >= 11 is 1.17. The number of para-hydroxylation sites is 2. The number of anilines is 2. The average molecular weight is 390 g/mol. The van der Waals surface area contributed by atoms with E-state index in [0.29, 0.717) is 23.0 Å². The molecule has 0 aliphatic heterocycles. The summed E-state index contributed by atoms with van der Waals surface area (Å²) in [4.78, 5) is 32.6. The topological polar surface area (TPSA) is 116 Å². The lowest BCUT2D eigenvalue weighted by Gasteiger charge is -2.15. The van der Waals surface area contributed by atoms with E-state index in [4.69, 9.17) is 15.2 Å². The Kier molecular flexibility index (Phi) is 7.42. The molecule has 0 aliphatic carbocycles. The maximum absolute atomic E-state index is 12.6. The Bertz CT molecular complexity index is 816. The molecule has 3 N–H and O–H groups in total. The first-order chi connectivity index (χ1) is 13.0. The number of nitrogens with two attached hydrogens (primary N) is 1. The minimum Gasteiger partial charge on any atom is -0.495 e. The van der Waals surface area contributed by atoms with Crippen LogP contribution in [0.5, 0.6) is 5.75 Å².